The number of ether oxygens (including phenoxy) is 1. The Hall–Kier alpha value is -2.84. The van der Waals surface area contributed by atoms with E-state index in [9.17, 15) is 22.8 Å². The zero-order valence-corrected chi connectivity index (χ0v) is 13.0. The highest BCUT2D eigenvalue weighted by molar-refractivity contribution is 5.95. The van der Waals surface area contributed by atoms with E-state index in [1.807, 2.05) is 0 Å². The van der Waals surface area contributed by atoms with Crippen molar-refractivity contribution in [2.45, 2.75) is 25.6 Å². The van der Waals surface area contributed by atoms with Crippen LogP contribution >= 0.6 is 0 Å². The molecule has 1 amide bonds. The molecule has 0 atom stereocenters. The summed E-state index contributed by atoms with van der Waals surface area (Å²) >= 11 is 0. The Kier molecular flexibility index (Phi) is 4.47. The molecule has 1 aliphatic heterocycles. The molecule has 3 rings (SSSR count). The first kappa shape index (κ1) is 17.0. The van der Waals surface area contributed by atoms with Crippen LogP contribution in [0, 0.1) is 0 Å². The highest BCUT2D eigenvalue weighted by Gasteiger charge is 2.33. The lowest BCUT2D eigenvalue weighted by Gasteiger charge is -2.15. The number of anilines is 1. The van der Waals surface area contributed by atoms with Crippen LogP contribution in [0.1, 0.15) is 18.5 Å². The van der Waals surface area contributed by atoms with Crippen molar-refractivity contribution in [2.75, 3.05) is 11.4 Å². The molecule has 6 nitrogen and oxygen atoms in total. The van der Waals surface area contributed by atoms with E-state index in [2.05, 4.69) is 5.10 Å². The minimum Gasteiger partial charge on any atom is -0.425 e. The van der Waals surface area contributed by atoms with Gasteiger partial charge in [-0.25, -0.2) is 4.79 Å². The van der Waals surface area contributed by atoms with Gasteiger partial charge in [0.2, 0.25) is 5.91 Å². The molecule has 0 unspecified atom stereocenters. The number of halogens is 3. The molecule has 25 heavy (non-hydrogen) atoms. The summed E-state index contributed by atoms with van der Waals surface area (Å²) in [6, 6.07) is 7.16. The summed E-state index contributed by atoms with van der Waals surface area (Å²) in [7, 11) is 0. The molecule has 0 spiro atoms. The van der Waals surface area contributed by atoms with E-state index in [0.717, 1.165) is 23.4 Å². The Labute approximate surface area is 140 Å². The third-order valence-electron chi connectivity index (χ3n) is 3.68. The number of benzene rings is 1. The number of alkyl halides is 3. The van der Waals surface area contributed by atoms with Gasteiger partial charge in [0.05, 0.1) is 0 Å². The van der Waals surface area contributed by atoms with Crippen LogP contribution in [0.5, 0.6) is 5.75 Å². The molecule has 1 saturated heterocycles. The number of rotatable bonds is 4. The highest BCUT2D eigenvalue weighted by atomic mass is 19.4. The minimum absolute atomic E-state index is 0.0453. The summed E-state index contributed by atoms with van der Waals surface area (Å²) < 4.78 is 43.3. The number of carbonyl (C=O) groups excluding carboxylic acids is 2. The molecule has 132 valence electrons. The smallest absolute Gasteiger partial charge is 0.425 e. The van der Waals surface area contributed by atoms with Gasteiger partial charge in [-0.15, -0.1) is 0 Å². The van der Waals surface area contributed by atoms with E-state index in [-0.39, 0.29) is 11.7 Å². The Bertz CT molecular complexity index is 784. The number of hydrogen-bond acceptors (Lipinski definition) is 4. The molecule has 0 bridgehead atoms. The van der Waals surface area contributed by atoms with Gasteiger partial charge < -0.3 is 9.64 Å². The predicted molar refractivity (Wildman–Crippen MR) is 80.9 cm³/mol. The number of carbonyl (C=O) groups is 2. The van der Waals surface area contributed by atoms with Gasteiger partial charge in [0.25, 0.3) is 0 Å². The molecule has 0 radical (unpaired) electrons. The molecule has 1 aromatic carbocycles. The van der Waals surface area contributed by atoms with Gasteiger partial charge in [-0.1, -0.05) is 0 Å². The van der Waals surface area contributed by atoms with E-state index < -0.39 is 24.4 Å². The van der Waals surface area contributed by atoms with Crippen molar-refractivity contribution in [3.63, 3.8) is 0 Å². The van der Waals surface area contributed by atoms with Crippen LogP contribution < -0.4 is 9.64 Å². The lowest BCUT2D eigenvalue weighted by Crippen LogP contribution is -2.23. The van der Waals surface area contributed by atoms with Gasteiger partial charge >= 0.3 is 12.1 Å². The molecule has 2 heterocycles. The minimum atomic E-state index is -4.56. The van der Waals surface area contributed by atoms with Crippen molar-refractivity contribution < 1.29 is 27.5 Å². The van der Waals surface area contributed by atoms with Gasteiger partial charge in [0.1, 0.15) is 12.3 Å². The van der Waals surface area contributed by atoms with E-state index in [1.54, 1.807) is 17.0 Å². The number of aromatic nitrogens is 2. The maximum absolute atomic E-state index is 12.5. The number of hydrogen-bond donors (Lipinski definition) is 0. The summed E-state index contributed by atoms with van der Waals surface area (Å²) in [6.45, 7) is 0.210. The normalized spacial score (nSPS) is 14.8. The van der Waals surface area contributed by atoms with Crippen molar-refractivity contribution in [1.29, 1.82) is 0 Å². The molecule has 1 aliphatic rings. The van der Waals surface area contributed by atoms with Crippen molar-refractivity contribution in [1.82, 2.24) is 9.78 Å². The second-order valence-corrected chi connectivity index (χ2v) is 5.51. The second-order valence-electron chi connectivity index (χ2n) is 5.51. The van der Waals surface area contributed by atoms with Gasteiger partial charge in [-0.3, -0.25) is 9.48 Å². The van der Waals surface area contributed by atoms with Crippen LogP contribution in [-0.2, 0) is 22.3 Å². The average molecular weight is 353 g/mol. The summed E-state index contributed by atoms with van der Waals surface area (Å²) in [5.74, 6) is -0.464. The Morgan fingerprint density at radius 3 is 2.48 bits per heavy atom. The van der Waals surface area contributed by atoms with Crippen LogP contribution in [0.25, 0.3) is 0 Å². The molecular formula is C16H14F3N3O3. The molecule has 1 aromatic heterocycles. The van der Waals surface area contributed by atoms with Gasteiger partial charge in [-0.2, -0.15) is 18.3 Å². The maximum atomic E-state index is 12.5. The Morgan fingerprint density at radius 2 is 1.92 bits per heavy atom. The first-order valence-electron chi connectivity index (χ1n) is 7.55. The monoisotopic (exact) mass is 353 g/mol. The van der Waals surface area contributed by atoms with Crippen LogP contribution in [-0.4, -0.2) is 28.2 Å². The lowest BCUT2D eigenvalue weighted by molar-refractivity contribution is -0.142. The molecule has 1 fully saturated rings. The summed E-state index contributed by atoms with van der Waals surface area (Å²) in [5.41, 5.74) is -0.357. The fourth-order valence-corrected chi connectivity index (χ4v) is 2.51. The third kappa shape index (κ3) is 3.98. The maximum Gasteiger partial charge on any atom is 0.435 e. The largest absolute Gasteiger partial charge is 0.435 e. The Morgan fingerprint density at radius 1 is 1.20 bits per heavy atom. The van der Waals surface area contributed by atoms with Crippen LogP contribution in [0.15, 0.2) is 36.5 Å². The zero-order chi connectivity index (χ0) is 18.0. The van der Waals surface area contributed by atoms with Crippen molar-refractivity contribution >= 4 is 17.6 Å². The van der Waals surface area contributed by atoms with E-state index >= 15 is 0 Å². The average Bonchev–Trinajstić information content (AvgIpc) is 3.17. The first-order chi connectivity index (χ1) is 11.8. The predicted octanol–water partition coefficient (Wildman–Crippen LogP) is 2.63. The number of nitrogens with zero attached hydrogens (tertiary/aromatic N) is 3. The molecular weight excluding hydrogens is 339 g/mol. The standard InChI is InChI=1S/C16H14F3N3O3/c17-16(18,19)13-7-9-21(20-13)10-15(24)25-12-5-3-11(4-6-12)22-8-1-2-14(22)23/h3-7,9H,1-2,8,10H2. The lowest BCUT2D eigenvalue weighted by atomic mass is 10.3. The zero-order valence-electron chi connectivity index (χ0n) is 13.0. The fourth-order valence-electron chi connectivity index (χ4n) is 2.51. The van der Waals surface area contributed by atoms with Gasteiger partial charge in [0, 0.05) is 24.8 Å². The fraction of sp³-hybridized carbons (Fsp3) is 0.312. The second kappa shape index (κ2) is 6.58. The number of amides is 1. The van der Waals surface area contributed by atoms with E-state index in [4.69, 9.17) is 4.74 Å². The van der Waals surface area contributed by atoms with Crippen LogP contribution in [0.3, 0.4) is 0 Å². The summed E-state index contributed by atoms with van der Waals surface area (Å²) in [4.78, 5) is 25.1. The quantitative estimate of drug-likeness (QED) is 0.626. The summed E-state index contributed by atoms with van der Waals surface area (Å²) in [5, 5.41) is 3.28. The molecule has 0 N–H and O–H groups in total. The van der Waals surface area contributed by atoms with Crippen molar-refractivity contribution in [2.24, 2.45) is 0 Å². The van der Waals surface area contributed by atoms with Crippen LogP contribution in [0.4, 0.5) is 18.9 Å². The van der Waals surface area contributed by atoms with Crippen LogP contribution in [0.2, 0.25) is 0 Å². The molecule has 2 aromatic rings. The topological polar surface area (TPSA) is 64.4 Å². The molecule has 0 aliphatic carbocycles. The van der Waals surface area contributed by atoms with Gasteiger partial charge in [0.15, 0.2) is 5.69 Å². The van der Waals surface area contributed by atoms with E-state index in [0.29, 0.717) is 18.7 Å². The first-order valence-corrected chi connectivity index (χ1v) is 7.55. The van der Waals surface area contributed by atoms with Crippen molar-refractivity contribution in [3.8, 4) is 5.75 Å². The molecule has 0 saturated carbocycles. The number of esters is 1. The van der Waals surface area contributed by atoms with Gasteiger partial charge in [-0.05, 0) is 36.8 Å². The Balaban J connectivity index is 1.59. The molecule has 9 heteroatoms. The van der Waals surface area contributed by atoms with Crippen molar-refractivity contribution in [3.05, 3.63) is 42.2 Å². The highest BCUT2D eigenvalue weighted by Crippen LogP contribution is 2.27. The SMILES string of the molecule is O=C(Cn1ccc(C(F)(F)F)n1)Oc1ccc(N2CCCC2=O)cc1. The third-order valence-corrected chi connectivity index (χ3v) is 3.68. The summed E-state index contributed by atoms with van der Waals surface area (Å²) in [6.07, 6.45) is -2.18. The van der Waals surface area contributed by atoms with E-state index in [1.165, 1.54) is 12.1 Å².